The Bertz CT molecular complexity index is 59.1. The van der Waals surface area contributed by atoms with Crippen LogP contribution < -0.4 is 21.3 Å². The van der Waals surface area contributed by atoms with Gasteiger partial charge in [0.15, 0.2) is 0 Å². The van der Waals surface area contributed by atoms with E-state index in [4.69, 9.17) is 0 Å². The van der Waals surface area contributed by atoms with E-state index in [0.717, 1.165) is 52.4 Å². The Balaban J connectivity index is 0.00000144. The minimum atomic E-state index is 0. The normalized spacial score (nSPS) is 22.2. The van der Waals surface area contributed by atoms with Crippen LogP contribution in [-0.2, 0) is 19.5 Å². The van der Waals surface area contributed by atoms with Gasteiger partial charge in [-0.25, -0.2) is 0 Å². The quantitative estimate of drug-likeness (QED) is 0.382. The second-order valence-corrected chi connectivity index (χ2v) is 3.00. The zero-order chi connectivity index (χ0) is 8.49. The fourth-order valence-corrected chi connectivity index (χ4v) is 1.21. The van der Waals surface area contributed by atoms with Crippen LogP contribution in [0.4, 0.5) is 0 Å². The van der Waals surface area contributed by atoms with Crippen molar-refractivity contribution in [3.63, 3.8) is 0 Å². The molecule has 0 radical (unpaired) electrons. The van der Waals surface area contributed by atoms with Crippen molar-refractivity contribution in [1.82, 2.24) is 21.3 Å². The maximum absolute atomic E-state index is 3.36. The van der Waals surface area contributed by atoms with Crippen LogP contribution in [0.25, 0.3) is 0 Å². The van der Waals surface area contributed by atoms with Gasteiger partial charge in [-0.1, -0.05) is 0 Å². The molecule has 0 aromatic carbocycles. The first-order valence-corrected chi connectivity index (χ1v) is 4.83. The van der Waals surface area contributed by atoms with Gasteiger partial charge >= 0.3 is 19.5 Å². The predicted molar refractivity (Wildman–Crippen MR) is 51.5 cm³/mol. The molecule has 0 unspecified atom stereocenters. The summed E-state index contributed by atoms with van der Waals surface area (Å²) in [5, 5.41) is 13.4. The zero-order valence-corrected chi connectivity index (χ0v) is 11.3. The van der Waals surface area contributed by atoms with Crippen LogP contribution in [0.1, 0.15) is 0 Å². The molecule has 1 heterocycles. The summed E-state index contributed by atoms with van der Waals surface area (Å²) in [5.74, 6) is 0. The molecule has 1 fully saturated rings. The molecule has 1 aliphatic heterocycles. The van der Waals surface area contributed by atoms with E-state index in [-0.39, 0.29) is 19.5 Å². The van der Waals surface area contributed by atoms with Gasteiger partial charge in [0.25, 0.3) is 0 Å². The van der Waals surface area contributed by atoms with Crippen LogP contribution in [0, 0.1) is 0 Å². The smallest absolute Gasteiger partial charge is 0.314 e. The van der Waals surface area contributed by atoms with Crippen LogP contribution in [0.5, 0.6) is 0 Å². The van der Waals surface area contributed by atoms with Crippen molar-refractivity contribution < 1.29 is 19.5 Å². The predicted octanol–water partition coefficient (Wildman–Crippen LogP) is -1.64. The second kappa shape index (κ2) is 10.5. The van der Waals surface area contributed by atoms with Gasteiger partial charge in [-0.15, -0.1) is 0 Å². The van der Waals surface area contributed by atoms with E-state index in [2.05, 4.69) is 21.3 Å². The van der Waals surface area contributed by atoms with E-state index in [0.29, 0.717) is 0 Å². The van der Waals surface area contributed by atoms with Crippen molar-refractivity contribution in [2.24, 2.45) is 0 Å². The Labute approximate surface area is 93.4 Å². The van der Waals surface area contributed by atoms with E-state index in [1.807, 2.05) is 0 Å². The molecule has 72 valence electrons. The van der Waals surface area contributed by atoms with Gasteiger partial charge in [-0.05, 0) is 0 Å². The Hall–Kier alpha value is 0.463. The van der Waals surface area contributed by atoms with E-state index in [9.17, 15) is 0 Å². The molecule has 5 heteroatoms. The largest absolute Gasteiger partial charge is 2.00 e. The summed E-state index contributed by atoms with van der Waals surface area (Å²) in [7, 11) is 0. The fourth-order valence-electron chi connectivity index (χ4n) is 1.21. The molecular weight excluding hydrogens is 218 g/mol. The third-order valence-corrected chi connectivity index (χ3v) is 1.91. The van der Waals surface area contributed by atoms with Crippen LogP contribution in [0.3, 0.4) is 0 Å². The van der Waals surface area contributed by atoms with Crippen molar-refractivity contribution in [1.29, 1.82) is 0 Å². The molecule has 1 aliphatic rings. The fraction of sp³-hybridized carbons (Fsp3) is 1.00. The van der Waals surface area contributed by atoms with Crippen LogP contribution in [-0.4, -0.2) is 52.4 Å². The molecule has 0 saturated carbocycles. The molecule has 4 N–H and O–H groups in total. The van der Waals surface area contributed by atoms with E-state index < -0.39 is 0 Å². The van der Waals surface area contributed by atoms with E-state index in [1.165, 1.54) is 0 Å². The zero-order valence-electron chi connectivity index (χ0n) is 8.36. The van der Waals surface area contributed by atoms with E-state index in [1.54, 1.807) is 0 Å². The maximum atomic E-state index is 3.36. The molecule has 0 aliphatic carbocycles. The number of rotatable bonds is 0. The summed E-state index contributed by atoms with van der Waals surface area (Å²) in [6, 6.07) is 0. The molecule has 0 aromatic heterocycles. The average Bonchev–Trinajstić information content (AvgIpc) is 2.05. The van der Waals surface area contributed by atoms with E-state index >= 15 is 0 Å². The van der Waals surface area contributed by atoms with Gasteiger partial charge in [0.2, 0.25) is 0 Å². The van der Waals surface area contributed by atoms with Crippen molar-refractivity contribution in [2.75, 3.05) is 52.4 Å². The molecule has 4 nitrogen and oxygen atoms in total. The second-order valence-electron chi connectivity index (χ2n) is 3.00. The molecule has 0 atom stereocenters. The Kier molecular flexibility index (Phi) is 10.9. The molecule has 0 aromatic rings. The maximum Gasteiger partial charge on any atom is 2.00 e. The third-order valence-electron chi connectivity index (χ3n) is 1.91. The topological polar surface area (TPSA) is 48.1 Å². The summed E-state index contributed by atoms with van der Waals surface area (Å²) < 4.78 is 0. The minimum absolute atomic E-state index is 0. The Morgan fingerprint density at radius 2 is 0.538 bits per heavy atom. The van der Waals surface area contributed by atoms with Gasteiger partial charge in [0, 0.05) is 52.4 Å². The molecule has 0 amide bonds. The van der Waals surface area contributed by atoms with Crippen molar-refractivity contribution in [3.05, 3.63) is 0 Å². The first-order valence-electron chi connectivity index (χ1n) is 4.83. The Morgan fingerprint density at radius 3 is 0.692 bits per heavy atom. The van der Waals surface area contributed by atoms with Gasteiger partial charge in [0.1, 0.15) is 0 Å². The number of hydrogen-bond acceptors (Lipinski definition) is 4. The van der Waals surface area contributed by atoms with Gasteiger partial charge < -0.3 is 21.3 Å². The van der Waals surface area contributed by atoms with Gasteiger partial charge in [-0.3, -0.25) is 0 Å². The third kappa shape index (κ3) is 8.78. The van der Waals surface area contributed by atoms with Gasteiger partial charge in [-0.2, -0.15) is 0 Å². The average molecular weight is 238 g/mol. The molecular formula is C8H20N4Zn+2. The minimum Gasteiger partial charge on any atom is -0.314 e. The molecule has 1 saturated heterocycles. The van der Waals surface area contributed by atoms with Crippen molar-refractivity contribution in [3.8, 4) is 0 Å². The summed E-state index contributed by atoms with van der Waals surface area (Å²) in [4.78, 5) is 0. The summed E-state index contributed by atoms with van der Waals surface area (Å²) >= 11 is 0. The van der Waals surface area contributed by atoms with Gasteiger partial charge in [0.05, 0.1) is 0 Å². The number of hydrogen-bond donors (Lipinski definition) is 4. The first-order chi connectivity index (χ1) is 6.00. The molecule has 1 rings (SSSR count). The molecule has 0 spiro atoms. The summed E-state index contributed by atoms with van der Waals surface area (Å²) in [5.41, 5.74) is 0. The SMILES string of the molecule is C1CNCCNCCNCCN1.[Zn+2]. The standard InChI is InChI=1S/C8H20N4.Zn/c1-2-10-5-6-12-8-7-11-4-3-9-1;/h9-12H,1-8H2;/q;+2. The van der Waals surface area contributed by atoms with Crippen LogP contribution in [0.15, 0.2) is 0 Å². The molecule has 13 heavy (non-hydrogen) atoms. The Morgan fingerprint density at radius 1 is 0.385 bits per heavy atom. The molecule has 0 bridgehead atoms. The summed E-state index contributed by atoms with van der Waals surface area (Å²) in [6.45, 7) is 8.57. The monoisotopic (exact) mass is 236 g/mol. The van der Waals surface area contributed by atoms with Crippen molar-refractivity contribution >= 4 is 0 Å². The van der Waals surface area contributed by atoms with Crippen LogP contribution in [0.2, 0.25) is 0 Å². The van der Waals surface area contributed by atoms with Crippen molar-refractivity contribution in [2.45, 2.75) is 0 Å². The number of nitrogens with one attached hydrogen (secondary N) is 4. The van der Waals surface area contributed by atoms with Crippen LogP contribution >= 0.6 is 0 Å². The first kappa shape index (κ1) is 13.5. The summed E-state index contributed by atoms with van der Waals surface area (Å²) in [6.07, 6.45) is 0.